The summed E-state index contributed by atoms with van der Waals surface area (Å²) in [4.78, 5) is 0.518. The quantitative estimate of drug-likeness (QED) is 0.792. The molecule has 0 spiro atoms. The van der Waals surface area contributed by atoms with Gasteiger partial charge in [-0.1, -0.05) is 53.2 Å². The van der Waals surface area contributed by atoms with Gasteiger partial charge in [0.05, 0.1) is 18.8 Å². The van der Waals surface area contributed by atoms with Crippen LogP contribution in [0.1, 0.15) is 45.1 Å². The Morgan fingerprint density at radius 3 is 2.64 bits per heavy atom. The predicted octanol–water partition coefficient (Wildman–Crippen LogP) is 4.54. The normalized spacial score (nSPS) is 41.4. The van der Waals surface area contributed by atoms with Crippen LogP contribution in [0.4, 0.5) is 0 Å². The summed E-state index contributed by atoms with van der Waals surface area (Å²) in [6.07, 6.45) is 4.30. The lowest BCUT2D eigenvalue weighted by molar-refractivity contribution is -0.104. The summed E-state index contributed by atoms with van der Waals surface area (Å²) in [5, 5.41) is 10.9. The Kier molecular flexibility index (Phi) is 4.69. The minimum Gasteiger partial charge on any atom is -0.390 e. The van der Waals surface area contributed by atoms with Crippen molar-refractivity contribution < 1.29 is 9.84 Å². The van der Waals surface area contributed by atoms with E-state index in [9.17, 15) is 5.11 Å². The second kappa shape index (κ2) is 6.26. The van der Waals surface area contributed by atoms with E-state index in [0.717, 1.165) is 25.9 Å². The lowest BCUT2D eigenvalue weighted by Crippen LogP contribution is -2.53. The second-order valence-electron chi connectivity index (χ2n) is 7.65. The topological polar surface area (TPSA) is 29.5 Å². The van der Waals surface area contributed by atoms with Crippen molar-refractivity contribution >= 4 is 15.9 Å². The number of halogens is 1. The van der Waals surface area contributed by atoms with E-state index in [1.165, 1.54) is 12.0 Å². The molecule has 0 saturated heterocycles. The average Bonchev–Trinajstić information content (AvgIpc) is 2.85. The number of benzene rings is 1. The van der Waals surface area contributed by atoms with Crippen LogP contribution in [-0.4, -0.2) is 22.1 Å². The Morgan fingerprint density at radius 1 is 1.18 bits per heavy atom. The molecule has 2 aliphatic rings. The highest BCUT2D eigenvalue weighted by Crippen LogP contribution is 2.60. The minimum atomic E-state index is -0.559. The zero-order valence-electron chi connectivity index (χ0n) is 13.6. The largest absolute Gasteiger partial charge is 0.390 e. The first kappa shape index (κ1) is 16.5. The molecular weight excluding hydrogens is 340 g/mol. The highest BCUT2D eigenvalue weighted by molar-refractivity contribution is 9.09. The summed E-state index contributed by atoms with van der Waals surface area (Å²) in [7, 11) is 0. The lowest BCUT2D eigenvalue weighted by Gasteiger charge is -2.50. The first-order valence-corrected chi connectivity index (χ1v) is 9.33. The van der Waals surface area contributed by atoms with Gasteiger partial charge in [-0.05, 0) is 55.4 Å². The van der Waals surface area contributed by atoms with E-state index in [1.54, 1.807) is 0 Å². The van der Waals surface area contributed by atoms with Crippen LogP contribution >= 0.6 is 15.9 Å². The van der Waals surface area contributed by atoms with Crippen LogP contribution in [0.25, 0.3) is 0 Å². The molecule has 5 atom stereocenters. The Hall–Kier alpha value is -0.380. The first-order chi connectivity index (χ1) is 10.4. The molecule has 2 nitrogen and oxygen atoms in total. The van der Waals surface area contributed by atoms with E-state index in [1.807, 2.05) is 25.1 Å². The Balaban J connectivity index is 1.64. The Morgan fingerprint density at radius 2 is 1.91 bits per heavy atom. The molecule has 0 radical (unpaired) electrons. The molecule has 0 aliphatic heterocycles. The summed E-state index contributed by atoms with van der Waals surface area (Å²) in [5.41, 5.74) is 0.857. The molecular formula is C19H27BrO2. The molecule has 0 aromatic heterocycles. The Labute approximate surface area is 142 Å². The number of hydrogen-bond donors (Lipinski definition) is 1. The minimum absolute atomic E-state index is 0.197. The maximum atomic E-state index is 10.9. The fourth-order valence-corrected chi connectivity index (χ4v) is 5.66. The molecule has 1 aromatic rings. The van der Waals surface area contributed by atoms with Gasteiger partial charge in [0.2, 0.25) is 0 Å². The number of hydrogen-bond acceptors (Lipinski definition) is 2. The molecule has 0 heterocycles. The van der Waals surface area contributed by atoms with E-state index in [2.05, 4.69) is 35.0 Å². The third-order valence-corrected chi connectivity index (χ3v) is 7.47. The van der Waals surface area contributed by atoms with Gasteiger partial charge in [-0.25, -0.2) is 0 Å². The summed E-state index contributed by atoms with van der Waals surface area (Å²) >= 11 is 3.88. The number of fused-ring (bicyclic) bond motifs is 1. The van der Waals surface area contributed by atoms with E-state index < -0.39 is 5.60 Å². The highest BCUT2D eigenvalue weighted by Gasteiger charge is 2.58. The molecule has 2 saturated carbocycles. The van der Waals surface area contributed by atoms with Gasteiger partial charge in [-0.15, -0.1) is 0 Å². The number of aliphatic hydroxyl groups is 1. The van der Waals surface area contributed by atoms with Gasteiger partial charge in [0, 0.05) is 4.83 Å². The Bertz CT molecular complexity index is 501. The molecule has 3 rings (SSSR count). The van der Waals surface area contributed by atoms with Crippen molar-refractivity contribution in [3.63, 3.8) is 0 Å². The smallest absolute Gasteiger partial charge is 0.0717 e. The van der Waals surface area contributed by atoms with Crippen molar-refractivity contribution in [3.8, 4) is 0 Å². The second-order valence-corrected chi connectivity index (χ2v) is 8.75. The van der Waals surface area contributed by atoms with Gasteiger partial charge in [-0.2, -0.15) is 0 Å². The molecule has 0 amide bonds. The van der Waals surface area contributed by atoms with Crippen LogP contribution in [-0.2, 0) is 11.3 Å². The van der Waals surface area contributed by atoms with Gasteiger partial charge in [0.1, 0.15) is 0 Å². The van der Waals surface area contributed by atoms with Crippen LogP contribution in [0.15, 0.2) is 30.3 Å². The van der Waals surface area contributed by atoms with Crippen LogP contribution < -0.4 is 0 Å². The van der Waals surface area contributed by atoms with Crippen LogP contribution in [0.3, 0.4) is 0 Å². The molecule has 22 heavy (non-hydrogen) atoms. The van der Waals surface area contributed by atoms with Crippen molar-refractivity contribution in [2.24, 2.45) is 17.3 Å². The number of ether oxygens (including phenoxy) is 1. The van der Waals surface area contributed by atoms with Crippen LogP contribution in [0, 0.1) is 17.3 Å². The summed E-state index contributed by atoms with van der Waals surface area (Å²) in [6.45, 7) is 5.80. The predicted molar refractivity (Wildman–Crippen MR) is 93.0 cm³/mol. The van der Waals surface area contributed by atoms with E-state index in [0.29, 0.717) is 23.3 Å². The molecule has 122 valence electrons. The van der Waals surface area contributed by atoms with Crippen molar-refractivity contribution in [2.75, 3.05) is 6.61 Å². The summed E-state index contributed by atoms with van der Waals surface area (Å²) in [6, 6.07) is 10.3. The lowest BCUT2D eigenvalue weighted by atomic mass is 9.60. The SMILES string of the molecule is C[C@]12CC[C@@H](COCc3ccccc3)[C@@H]1[C@](C)(O)CC[C@@H]2Br. The molecule has 2 aliphatic carbocycles. The molecule has 0 unspecified atom stereocenters. The monoisotopic (exact) mass is 366 g/mol. The third kappa shape index (κ3) is 3.00. The zero-order valence-corrected chi connectivity index (χ0v) is 15.2. The van der Waals surface area contributed by atoms with E-state index in [-0.39, 0.29) is 5.41 Å². The third-order valence-electron chi connectivity index (χ3n) is 5.97. The molecule has 1 N–H and O–H groups in total. The highest BCUT2D eigenvalue weighted by atomic mass is 79.9. The fourth-order valence-electron chi connectivity index (χ4n) is 4.91. The molecule has 0 bridgehead atoms. The number of alkyl halides is 1. The summed E-state index contributed by atoms with van der Waals surface area (Å²) in [5.74, 6) is 0.790. The standard InChI is InChI=1S/C19H27BrO2/c1-18-10-8-15(13-22-12-14-6-4-3-5-7-14)17(18)19(2,21)11-9-16(18)20/h3-7,15-17,21H,8-13H2,1-2H3/t15-,16-,17-,18+,19+/m0/s1. The van der Waals surface area contributed by atoms with Gasteiger partial charge in [-0.3, -0.25) is 0 Å². The molecule has 1 aromatic carbocycles. The fraction of sp³-hybridized carbons (Fsp3) is 0.684. The van der Waals surface area contributed by atoms with Crippen LogP contribution in [0.5, 0.6) is 0 Å². The molecule has 2 fully saturated rings. The maximum Gasteiger partial charge on any atom is 0.0717 e. The van der Waals surface area contributed by atoms with Crippen molar-refractivity contribution in [3.05, 3.63) is 35.9 Å². The first-order valence-electron chi connectivity index (χ1n) is 8.41. The van der Waals surface area contributed by atoms with Crippen molar-refractivity contribution in [2.45, 2.75) is 56.6 Å². The van der Waals surface area contributed by atoms with Crippen molar-refractivity contribution in [1.29, 1.82) is 0 Å². The maximum absolute atomic E-state index is 10.9. The van der Waals surface area contributed by atoms with Gasteiger partial charge in [0.15, 0.2) is 0 Å². The van der Waals surface area contributed by atoms with Gasteiger partial charge >= 0.3 is 0 Å². The average molecular weight is 367 g/mol. The molecule has 3 heteroatoms. The van der Waals surface area contributed by atoms with E-state index in [4.69, 9.17) is 4.74 Å². The van der Waals surface area contributed by atoms with E-state index >= 15 is 0 Å². The van der Waals surface area contributed by atoms with Crippen LogP contribution in [0.2, 0.25) is 0 Å². The van der Waals surface area contributed by atoms with Crippen molar-refractivity contribution in [1.82, 2.24) is 0 Å². The van der Waals surface area contributed by atoms with Gasteiger partial charge < -0.3 is 9.84 Å². The zero-order chi connectivity index (χ0) is 15.8. The number of rotatable bonds is 4. The van der Waals surface area contributed by atoms with Gasteiger partial charge in [0.25, 0.3) is 0 Å². The summed E-state index contributed by atoms with van der Waals surface area (Å²) < 4.78 is 6.00.